The van der Waals surface area contributed by atoms with E-state index in [0.29, 0.717) is 32.3 Å². The van der Waals surface area contributed by atoms with Crippen LogP contribution in [0.4, 0.5) is 4.39 Å². The number of thioether (sulfide) groups is 3. The van der Waals surface area contributed by atoms with Gasteiger partial charge in [0.2, 0.25) is 0 Å². The van der Waals surface area contributed by atoms with Gasteiger partial charge in [0.1, 0.15) is 21.4 Å². The molecule has 0 saturated carbocycles. The molecule has 0 aliphatic heterocycles. The minimum absolute atomic E-state index is 0.277. The number of carbonyl (C=O) groups excluding carboxylic acids is 1. The lowest BCUT2D eigenvalue weighted by Crippen LogP contribution is -2.10. The monoisotopic (exact) mass is 460 g/mol. The Kier molecular flexibility index (Phi) is 8.18. The van der Waals surface area contributed by atoms with E-state index < -0.39 is 5.97 Å². The van der Waals surface area contributed by atoms with Gasteiger partial charge >= 0.3 is 5.97 Å². The highest BCUT2D eigenvalue weighted by Crippen LogP contribution is 2.34. The number of methoxy groups -OCH3 is 1. The van der Waals surface area contributed by atoms with Gasteiger partial charge in [0.15, 0.2) is 5.16 Å². The summed E-state index contributed by atoms with van der Waals surface area (Å²) in [5.41, 5.74) is 3.66. The highest BCUT2D eigenvalue weighted by Gasteiger charge is 2.22. The summed E-state index contributed by atoms with van der Waals surface area (Å²) in [7, 11) is 1.35. The maximum Gasteiger partial charge on any atom is 0.343 e. The van der Waals surface area contributed by atoms with Crippen molar-refractivity contribution < 1.29 is 13.9 Å². The predicted octanol–water partition coefficient (Wildman–Crippen LogP) is 6.02. The summed E-state index contributed by atoms with van der Waals surface area (Å²) in [5.74, 6) is 0.491. The summed E-state index contributed by atoms with van der Waals surface area (Å²) in [5, 5.41) is 1.76. The number of aromatic nitrogens is 2. The van der Waals surface area contributed by atoms with Crippen LogP contribution in [0.1, 0.15) is 27.0 Å². The molecule has 0 unspecified atom stereocenters. The first-order chi connectivity index (χ1) is 14.5. The molecule has 3 rings (SSSR count). The molecule has 0 spiro atoms. The fraction of sp³-hybridized carbons (Fsp3) is 0.227. The molecule has 0 amide bonds. The number of rotatable bonds is 8. The number of aryl methyl sites for hydroxylation is 1. The fourth-order valence-corrected chi connectivity index (χ4v) is 5.03. The average molecular weight is 461 g/mol. The average Bonchev–Trinajstić information content (AvgIpc) is 2.77. The highest BCUT2D eigenvalue weighted by molar-refractivity contribution is 7.99. The van der Waals surface area contributed by atoms with Crippen LogP contribution in [0.5, 0.6) is 0 Å². The number of carbonyl (C=O) groups is 1. The molecule has 0 aliphatic rings. The molecule has 156 valence electrons. The third kappa shape index (κ3) is 6.00. The van der Waals surface area contributed by atoms with Crippen molar-refractivity contribution in [3.8, 4) is 0 Å². The fourth-order valence-electron chi connectivity index (χ4n) is 2.55. The van der Waals surface area contributed by atoms with Crippen LogP contribution in [0.25, 0.3) is 0 Å². The number of hydrogen-bond acceptors (Lipinski definition) is 7. The molecule has 0 saturated heterocycles. The van der Waals surface area contributed by atoms with Crippen LogP contribution in [0.15, 0.2) is 63.7 Å². The van der Waals surface area contributed by atoms with E-state index in [-0.39, 0.29) is 5.82 Å². The number of hydrogen-bond donors (Lipinski definition) is 0. The number of nitrogens with zero attached hydrogens (tertiary/aromatic N) is 2. The number of ether oxygens (including phenoxy) is 1. The van der Waals surface area contributed by atoms with E-state index in [1.807, 2.05) is 13.2 Å². The molecule has 0 aliphatic carbocycles. The van der Waals surface area contributed by atoms with Crippen LogP contribution in [0.3, 0.4) is 0 Å². The van der Waals surface area contributed by atoms with Crippen molar-refractivity contribution in [1.82, 2.24) is 9.97 Å². The summed E-state index contributed by atoms with van der Waals surface area (Å²) >= 11 is 4.33. The van der Waals surface area contributed by atoms with Gasteiger partial charge in [-0.2, -0.15) is 0 Å². The van der Waals surface area contributed by atoms with Crippen LogP contribution >= 0.6 is 35.3 Å². The van der Waals surface area contributed by atoms with Gasteiger partial charge in [-0.3, -0.25) is 0 Å². The van der Waals surface area contributed by atoms with E-state index in [4.69, 9.17) is 4.74 Å². The molecule has 8 heteroatoms. The Balaban J connectivity index is 1.89. The first-order valence-electron chi connectivity index (χ1n) is 9.10. The molecule has 30 heavy (non-hydrogen) atoms. The second kappa shape index (κ2) is 10.8. The van der Waals surface area contributed by atoms with Crippen LogP contribution in [0, 0.1) is 12.7 Å². The van der Waals surface area contributed by atoms with Gasteiger partial charge in [-0.05, 0) is 36.4 Å². The topological polar surface area (TPSA) is 52.1 Å². The lowest BCUT2D eigenvalue weighted by atomic mass is 10.2. The van der Waals surface area contributed by atoms with Crippen LogP contribution < -0.4 is 0 Å². The molecular formula is C22H21FN2O2S3. The van der Waals surface area contributed by atoms with Gasteiger partial charge < -0.3 is 4.74 Å². The Morgan fingerprint density at radius 1 is 0.933 bits per heavy atom. The van der Waals surface area contributed by atoms with Crippen molar-refractivity contribution in [1.29, 1.82) is 0 Å². The van der Waals surface area contributed by atoms with Crippen LogP contribution in [-0.2, 0) is 16.2 Å². The SMILES string of the molecule is COC(=O)c1c(SCc2ccc(C)cc2)nc(SC)nc1SCc1ccc(F)cc1. The Hall–Kier alpha value is -2.03. The van der Waals surface area contributed by atoms with Crippen molar-refractivity contribution in [2.75, 3.05) is 13.4 Å². The lowest BCUT2D eigenvalue weighted by molar-refractivity contribution is 0.0590. The number of esters is 1. The summed E-state index contributed by atoms with van der Waals surface area (Å²) in [6, 6.07) is 14.6. The maximum atomic E-state index is 13.2. The Bertz CT molecular complexity index is 941. The summed E-state index contributed by atoms with van der Waals surface area (Å²) in [6.07, 6.45) is 1.90. The van der Waals surface area contributed by atoms with Gasteiger partial charge in [-0.25, -0.2) is 19.2 Å². The number of benzene rings is 2. The third-order valence-electron chi connectivity index (χ3n) is 4.18. The zero-order valence-corrected chi connectivity index (χ0v) is 19.3. The quantitative estimate of drug-likeness (QED) is 0.176. The standard InChI is InChI=1S/C22H21FN2O2S3/c1-14-4-6-15(7-5-14)12-29-19-18(21(26)27-2)20(25-22(24-19)28-3)30-13-16-8-10-17(23)11-9-16/h4-11H,12-13H2,1-3H3. The molecular weight excluding hydrogens is 439 g/mol. The van der Waals surface area contributed by atoms with Crippen molar-refractivity contribution in [3.05, 3.63) is 76.6 Å². The summed E-state index contributed by atoms with van der Waals surface area (Å²) in [6.45, 7) is 2.05. The van der Waals surface area contributed by atoms with E-state index in [0.717, 1.165) is 11.1 Å². The highest BCUT2D eigenvalue weighted by atomic mass is 32.2. The second-order valence-corrected chi connectivity index (χ2v) is 9.08. The predicted molar refractivity (Wildman–Crippen MR) is 122 cm³/mol. The van der Waals surface area contributed by atoms with Crippen molar-refractivity contribution >= 4 is 41.3 Å². The van der Waals surface area contributed by atoms with Crippen LogP contribution in [0.2, 0.25) is 0 Å². The molecule has 0 fully saturated rings. The van der Waals surface area contributed by atoms with Crippen LogP contribution in [-0.4, -0.2) is 29.3 Å². The molecule has 3 aromatic rings. The van der Waals surface area contributed by atoms with Crippen molar-refractivity contribution in [3.63, 3.8) is 0 Å². The molecule has 1 heterocycles. The van der Waals surface area contributed by atoms with E-state index in [1.165, 1.54) is 60.1 Å². The number of halogens is 1. The minimum Gasteiger partial charge on any atom is -0.465 e. The van der Waals surface area contributed by atoms with Crippen molar-refractivity contribution in [2.45, 2.75) is 33.6 Å². The molecule has 0 N–H and O–H groups in total. The minimum atomic E-state index is -0.462. The van der Waals surface area contributed by atoms with E-state index in [2.05, 4.69) is 34.2 Å². The summed E-state index contributed by atoms with van der Waals surface area (Å²) in [4.78, 5) is 21.7. The third-order valence-corrected chi connectivity index (χ3v) is 6.82. The van der Waals surface area contributed by atoms with Gasteiger partial charge in [0.25, 0.3) is 0 Å². The zero-order chi connectivity index (χ0) is 21.5. The lowest BCUT2D eigenvalue weighted by Gasteiger charge is -2.13. The second-order valence-electron chi connectivity index (χ2n) is 6.38. The maximum absolute atomic E-state index is 13.2. The molecule has 1 aromatic heterocycles. The first kappa shape index (κ1) is 22.7. The zero-order valence-electron chi connectivity index (χ0n) is 16.8. The summed E-state index contributed by atoms with van der Waals surface area (Å²) < 4.78 is 18.2. The Morgan fingerprint density at radius 3 is 1.90 bits per heavy atom. The molecule has 0 atom stereocenters. The van der Waals surface area contributed by atoms with Gasteiger partial charge in [-0.15, -0.1) is 23.5 Å². The van der Waals surface area contributed by atoms with E-state index in [9.17, 15) is 9.18 Å². The molecule has 2 aromatic carbocycles. The van der Waals surface area contributed by atoms with E-state index >= 15 is 0 Å². The van der Waals surface area contributed by atoms with E-state index in [1.54, 1.807) is 12.1 Å². The first-order valence-corrected chi connectivity index (χ1v) is 12.3. The van der Waals surface area contributed by atoms with Gasteiger partial charge in [0.05, 0.1) is 7.11 Å². The van der Waals surface area contributed by atoms with Crippen molar-refractivity contribution in [2.24, 2.45) is 0 Å². The normalized spacial score (nSPS) is 10.8. The largest absolute Gasteiger partial charge is 0.465 e. The van der Waals surface area contributed by atoms with Gasteiger partial charge in [0, 0.05) is 11.5 Å². The Morgan fingerprint density at radius 2 is 1.43 bits per heavy atom. The van der Waals surface area contributed by atoms with Gasteiger partial charge in [-0.1, -0.05) is 53.7 Å². The molecule has 0 bridgehead atoms. The smallest absolute Gasteiger partial charge is 0.343 e. The molecule has 4 nitrogen and oxygen atoms in total. The molecule has 0 radical (unpaired) electrons. The Labute approximate surface area is 188 Å².